The SMILES string of the molecule is Cc1nc(SCc2ccc(C=Cc3c(F)cccc3Cl)cc2)[nH]c(=O)c1C. The van der Waals surface area contributed by atoms with Crippen LogP contribution in [0.5, 0.6) is 0 Å². The summed E-state index contributed by atoms with van der Waals surface area (Å²) in [5.41, 5.74) is 3.71. The van der Waals surface area contributed by atoms with Crippen molar-refractivity contribution in [3.63, 3.8) is 0 Å². The molecule has 0 atom stereocenters. The second-order valence-electron chi connectivity index (χ2n) is 6.08. The van der Waals surface area contributed by atoms with Crippen LogP contribution in [0.1, 0.15) is 27.9 Å². The van der Waals surface area contributed by atoms with E-state index in [0.29, 0.717) is 27.1 Å². The third-order valence-corrected chi connectivity index (χ3v) is 5.44. The highest BCUT2D eigenvalue weighted by Gasteiger charge is 2.05. The average molecular weight is 401 g/mol. The lowest BCUT2D eigenvalue weighted by Crippen LogP contribution is -2.13. The highest BCUT2D eigenvalue weighted by molar-refractivity contribution is 7.98. The molecule has 0 aliphatic rings. The molecule has 1 heterocycles. The maximum absolute atomic E-state index is 13.8. The van der Waals surface area contributed by atoms with Gasteiger partial charge >= 0.3 is 0 Å². The van der Waals surface area contributed by atoms with E-state index in [4.69, 9.17) is 11.6 Å². The second-order valence-corrected chi connectivity index (χ2v) is 7.45. The van der Waals surface area contributed by atoms with Gasteiger partial charge in [-0.1, -0.05) is 59.8 Å². The number of nitrogens with zero attached hydrogens (tertiary/aromatic N) is 1. The van der Waals surface area contributed by atoms with Crippen LogP contribution in [0, 0.1) is 19.7 Å². The highest BCUT2D eigenvalue weighted by Crippen LogP contribution is 2.23. The first kappa shape index (κ1) is 19.4. The largest absolute Gasteiger partial charge is 0.301 e. The van der Waals surface area contributed by atoms with Gasteiger partial charge in [0.1, 0.15) is 5.82 Å². The molecule has 0 bridgehead atoms. The number of benzene rings is 2. The summed E-state index contributed by atoms with van der Waals surface area (Å²) in [6.07, 6.45) is 3.49. The number of thioether (sulfide) groups is 1. The fourth-order valence-corrected chi connectivity index (χ4v) is 3.50. The second kappa shape index (κ2) is 8.55. The highest BCUT2D eigenvalue weighted by atomic mass is 35.5. The van der Waals surface area contributed by atoms with E-state index in [-0.39, 0.29) is 11.4 Å². The Hall–Kier alpha value is -2.37. The summed E-state index contributed by atoms with van der Waals surface area (Å²) in [6.45, 7) is 3.59. The molecule has 0 spiro atoms. The van der Waals surface area contributed by atoms with E-state index >= 15 is 0 Å². The summed E-state index contributed by atoms with van der Waals surface area (Å²) in [5, 5.41) is 0.996. The van der Waals surface area contributed by atoms with Crippen molar-refractivity contribution >= 4 is 35.5 Å². The van der Waals surface area contributed by atoms with Crippen molar-refractivity contribution in [2.24, 2.45) is 0 Å². The molecule has 2 aromatic carbocycles. The number of halogens is 2. The standard InChI is InChI=1S/C21H18ClFN2OS/c1-13-14(2)24-21(25-20(13)26)27-12-16-8-6-15(7-9-16)10-11-17-18(22)4-3-5-19(17)23/h3-11H,12H2,1-2H3,(H,24,25,26). The van der Waals surface area contributed by atoms with Crippen LogP contribution >= 0.6 is 23.4 Å². The first-order valence-electron chi connectivity index (χ1n) is 8.35. The topological polar surface area (TPSA) is 45.8 Å². The van der Waals surface area contributed by atoms with Crippen molar-refractivity contribution in [2.45, 2.75) is 24.8 Å². The smallest absolute Gasteiger partial charge is 0.254 e. The maximum atomic E-state index is 13.8. The van der Waals surface area contributed by atoms with Crippen LogP contribution in [0.4, 0.5) is 4.39 Å². The molecule has 3 aromatic rings. The van der Waals surface area contributed by atoms with Crippen molar-refractivity contribution in [3.05, 3.63) is 91.6 Å². The minimum Gasteiger partial charge on any atom is -0.301 e. The van der Waals surface area contributed by atoms with Gasteiger partial charge in [-0.05, 0) is 43.2 Å². The van der Waals surface area contributed by atoms with Crippen molar-refractivity contribution < 1.29 is 4.39 Å². The first-order valence-corrected chi connectivity index (χ1v) is 9.72. The molecule has 0 radical (unpaired) electrons. The molecule has 0 aliphatic carbocycles. The zero-order chi connectivity index (χ0) is 19.4. The lowest BCUT2D eigenvalue weighted by atomic mass is 10.1. The van der Waals surface area contributed by atoms with E-state index in [1.165, 1.54) is 17.8 Å². The summed E-state index contributed by atoms with van der Waals surface area (Å²) in [6, 6.07) is 12.5. The third-order valence-electron chi connectivity index (χ3n) is 4.17. The van der Waals surface area contributed by atoms with Gasteiger partial charge in [-0.15, -0.1) is 0 Å². The van der Waals surface area contributed by atoms with E-state index in [1.807, 2.05) is 37.3 Å². The van der Waals surface area contributed by atoms with E-state index in [2.05, 4.69) is 9.97 Å². The minimum absolute atomic E-state index is 0.0997. The molecule has 1 aromatic heterocycles. The number of H-pyrrole nitrogens is 1. The number of rotatable bonds is 5. The molecule has 0 saturated heterocycles. The normalized spacial score (nSPS) is 11.3. The Bertz CT molecular complexity index is 1020. The van der Waals surface area contributed by atoms with Crippen LogP contribution in [0.25, 0.3) is 12.2 Å². The lowest BCUT2D eigenvalue weighted by molar-refractivity contribution is 0.625. The Morgan fingerprint density at radius 1 is 1.15 bits per heavy atom. The molecule has 0 fully saturated rings. The quantitative estimate of drug-likeness (QED) is 0.342. The monoisotopic (exact) mass is 400 g/mol. The molecule has 0 unspecified atom stereocenters. The zero-order valence-corrected chi connectivity index (χ0v) is 16.5. The van der Waals surface area contributed by atoms with Crippen molar-refractivity contribution in [3.8, 4) is 0 Å². The molecular formula is C21H18ClFN2OS. The van der Waals surface area contributed by atoms with E-state index in [9.17, 15) is 9.18 Å². The van der Waals surface area contributed by atoms with Crippen molar-refractivity contribution in [1.82, 2.24) is 9.97 Å². The predicted molar refractivity (Wildman–Crippen MR) is 111 cm³/mol. The van der Waals surface area contributed by atoms with E-state index in [0.717, 1.165) is 16.8 Å². The van der Waals surface area contributed by atoms with Gasteiger partial charge in [-0.25, -0.2) is 9.37 Å². The molecule has 0 amide bonds. The fraction of sp³-hybridized carbons (Fsp3) is 0.143. The van der Waals surface area contributed by atoms with Crippen LogP contribution in [0.15, 0.2) is 52.4 Å². The number of hydrogen-bond acceptors (Lipinski definition) is 3. The summed E-state index contributed by atoms with van der Waals surface area (Å²) < 4.78 is 13.8. The number of hydrogen-bond donors (Lipinski definition) is 1. The van der Waals surface area contributed by atoms with Gasteiger partial charge < -0.3 is 4.98 Å². The van der Waals surface area contributed by atoms with Gasteiger partial charge in [0.2, 0.25) is 0 Å². The van der Waals surface area contributed by atoms with Crippen LogP contribution in [0.3, 0.4) is 0 Å². The van der Waals surface area contributed by atoms with Gasteiger partial charge in [0.15, 0.2) is 5.16 Å². The van der Waals surface area contributed by atoms with Gasteiger partial charge in [-0.2, -0.15) is 0 Å². The minimum atomic E-state index is -0.346. The number of nitrogens with one attached hydrogen (secondary N) is 1. The molecule has 3 rings (SSSR count). The number of aryl methyl sites for hydroxylation is 1. The molecule has 27 heavy (non-hydrogen) atoms. The van der Waals surface area contributed by atoms with Crippen molar-refractivity contribution in [1.29, 1.82) is 0 Å². The molecule has 1 N–H and O–H groups in total. The summed E-state index contributed by atoms with van der Waals surface area (Å²) in [7, 11) is 0. The first-order chi connectivity index (χ1) is 12.9. The van der Waals surface area contributed by atoms with Crippen LogP contribution < -0.4 is 5.56 Å². The molecule has 3 nitrogen and oxygen atoms in total. The lowest BCUT2D eigenvalue weighted by Gasteiger charge is -2.05. The maximum Gasteiger partial charge on any atom is 0.254 e. The average Bonchev–Trinajstić information content (AvgIpc) is 2.65. The molecule has 0 saturated carbocycles. The number of aromatic nitrogens is 2. The third kappa shape index (κ3) is 4.87. The Kier molecular flexibility index (Phi) is 6.14. The predicted octanol–water partition coefficient (Wildman–Crippen LogP) is 5.64. The Morgan fingerprint density at radius 3 is 2.56 bits per heavy atom. The molecule has 138 valence electrons. The van der Waals surface area contributed by atoms with Gasteiger partial charge in [0, 0.05) is 22.6 Å². The zero-order valence-electron chi connectivity index (χ0n) is 14.9. The van der Waals surface area contributed by atoms with Gasteiger partial charge in [-0.3, -0.25) is 4.79 Å². The Morgan fingerprint density at radius 2 is 1.89 bits per heavy atom. The van der Waals surface area contributed by atoms with E-state index in [1.54, 1.807) is 25.1 Å². The fourth-order valence-electron chi connectivity index (χ4n) is 2.41. The van der Waals surface area contributed by atoms with Gasteiger partial charge in [0.25, 0.3) is 5.56 Å². The van der Waals surface area contributed by atoms with Crippen molar-refractivity contribution in [2.75, 3.05) is 0 Å². The molecule has 0 aliphatic heterocycles. The summed E-state index contributed by atoms with van der Waals surface area (Å²) in [4.78, 5) is 19.0. The van der Waals surface area contributed by atoms with Gasteiger partial charge in [0.05, 0.1) is 5.02 Å². The summed E-state index contributed by atoms with van der Waals surface area (Å²) >= 11 is 7.51. The summed E-state index contributed by atoms with van der Waals surface area (Å²) in [5.74, 6) is 0.343. The Labute approximate surface area is 166 Å². The molecular weight excluding hydrogens is 383 g/mol. The molecule has 6 heteroatoms. The van der Waals surface area contributed by atoms with Crippen LogP contribution in [0.2, 0.25) is 5.02 Å². The van der Waals surface area contributed by atoms with Crippen LogP contribution in [-0.4, -0.2) is 9.97 Å². The Balaban J connectivity index is 1.67. The number of aromatic amines is 1. The van der Waals surface area contributed by atoms with Crippen LogP contribution in [-0.2, 0) is 5.75 Å². The van der Waals surface area contributed by atoms with E-state index < -0.39 is 0 Å².